The van der Waals surface area contributed by atoms with Gasteiger partial charge in [0, 0.05) is 37.9 Å². The van der Waals surface area contributed by atoms with Crippen molar-refractivity contribution in [1.82, 2.24) is 14.7 Å². The Balaban J connectivity index is 1.33. The molecule has 2 fully saturated rings. The highest BCUT2D eigenvalue weighted by molar-refractivity contribution is 5.95. The van der Waals surface area contributed by atoms with Crippen molar-refractivity contribution >= 4 is 17.5 Å². The van der Waals surface area contributed by atoms with E-state index in [0.29, 0.717) is 32.6 Å². The molecule has 4 rings (SSSR count). The van der Waals surface area contributed by atoms with E-state index in [1.165, 1.54) is 0 Å². The van der Waals surface area contributed by atoms with E-state index in [1.807, 2.05) is 64.0 Å². The molecule has 2 aliphatic rings. The second-order valence-corrected chi connectivity index (χ2v) is 7.64. The Morgan fingerprint density at radius 1 is 1.18 bits per heavy atom. The quantitative estimate of drug-likeness (QED) is 0.811. The average Bonchev–Trinajstić information content (AvgIpc) is 3.15. The Morgan fingerprint density at radius 3 is 2.61 bits per heavy atom. The second kappa shape index (κ2) is 7.75. The Labute approximate surface area is 164 Å². The first-order valence-corrected chi connectivity index (χ1v) is 9.82. The van der Waals surface area contributed by atoms with E-state index in [9.17, 15) is 9.59 Å². The molecular weight excluding hydrogens is 356 g/mol. The standard InChI is InChI=1S/C21H26N4O3/c1-17-7-11-24(22-17)12-8-19(26)23-13-9-21(10-14-23)16-25(20(27)15-28-21)18-5-3-2-4-6-18/h2-7,11H,8-10,12-16H2,1H3. The molecule has 0 bridgehead atoms. The van der Waals surface area contributed by atoms with Gasteiger partial charge in [-0.2, -0.15) is 5.10 Å². The lowest BCUT2D eigenvalue weighted by atomic mass is 9.89. The first-order chi connectivity index (χ1) is 13.5. The third kappa shape index (κ3) is 3.94. The molecule has 3 heterocycles. The van der Waals surface area contributed by atoms with Crippen molar-refractivity contribution in [3.8, 4) is 0 Å². The van der Waals surface area contributed by atoms with Gasteiger partial charge >= 0.3 is 0 Å². The van der Waals surface area contributed by atoms with E-state index in [1.54, 1.807) is 0 Å². The summed E-state index contributed by atoms with van der Waals surface area (Å²) in [6, 6.07) is 11.7. The van der Waals surface area contributed by atoms with Crippen molar-refractivity contribution in [3.63, 3.8) is 0 Å². The zero-order valence-electron chi connectivity index (χ0n) is 16.2. The van der Waals surface area contributed by atoms with Gasteiger partial charge in [-0.3, -0.25) is 14.3 Å². The van der Waals surface area contributed by atoms with Crippen LogP contribution in [0.3, 0.4) is 0 Å². The molecule has 0 atom stereocenters. The van der Waals surface area contributed by atoms with Crippen molar-refractivity contribution in [3.05, 3.63) is 48.3 Å². The topological polar surface area (TPSA) is 67.7 Å². The smallest absolute Gasteiger partial charge is 0.253 e. The number of rotatable bonds is 4. The number of amides is 2. The van der Waals surface area contributed by atoms with Crippen molar-refractivity contribution in [2.24, 2.45) is 0 Å². The van der Waals surface area contributed by atoms with Crippen LogP contribution in [0.25, 0.3) is 0 Å². The number of para-hydroxylation sites is 1. The molecule has 0 radical (unpaired) electrons. The lowest BCUT2D eigenvalue weighted by molar-refractivity contribution is -0.150. The second-order valence-electron chi connectivity index (χ2n) is 7.64. The summed E-state index contributed by atoms with van der Waals surface area (Å²) in [5, 5.41) is 4.33. The van der Waals surface area contributed by atoms with E-state index in [4.69, 9.17) is 4.74 Å². The number of likely N-dealkylation sites (tertiary alicyclic amines) is 1. The summed E-state index contributed by atoms with van der Waals surface area (Å²) in [4.78, 5) is 28.6. The van der Waals surface area contributed by atoms with Crippen LogP contribution in [0, 0.1) is 6.92 Å². The Bertz CT molecular complexity index is 840. The number of carbonyl (C=O) groups is 2. The van der Waals surface area contributed by atoms with Crippen LogP contribution in [0.15, 0.2) is 42.6 Å². The highest BCUT2D eigenvalue weighted by Gasteiger charge is 2.43. The zero-order valence-corrected chi connectivity index (χ0v) is 16.2. The van der Waals surface area contributed by atoms with Gasteiger partial charge in [-0.25, -0.2) is 0 Å². The molecule has 7 nitrogen and oxygen atoms in total. The van der Waals surface area contributed by atoms with Crippen LogP contribution in [-0.4, -0.2) is 58.3 Å². The third-order valence-corrected chi connectivity index (χ3v) is 5.67. The Hall–Kier alpha value is -2.67. The molecule has 1 spiro atoms. The maximum absolute atomic E-state index is 12.6. The molecular formula is C21H26N4O3. The maximum atomic E-state index is 12.6. The number of piperidine rings is 1. The SMILES string of the molecule is Cc1ccn(CCC(=O)N2CCC3(CC2)CN(c2ccccc2)C(=O)CO3)n1. The number of hydrogen-bond acceptors (Lipinski definition) is 4. The van der Waals surface area contributed by atoms with Gasteiger partial charge in [-0.05, 0) is 38.0 Å². The Morgan fingerprint density at radius 2 is 1.93 bits per heavy atom. The molecule has 1 aromatic carbocycles. The zero-order chi connectivity index (χ0) is 19.6. The van der Waals surface area contributed by atoms with Crippen LogP contribution < -0.4 is 4.90 Å². The van der Waals surface area contributed by atoms with Crippen LogP contribution in [0.4, 0.5) is 5.69 Å². The van der Waals surface area contributed by atoms with Gasteiger partial charge in [0.2, 0.25) is 5.91 Å². The van der Waals surface area contributed by atoms with Gasteiger partial charge in [0.25, 0.3) is 5.91 Å². The number of anilines is 1. The summed E-state index contributed by atoms with van der Waals surface area (Å²) in [7, 11) is 0. The fourth-order valence-electron chi connectivity index (χ4n) is 3.98. The lowest BCUT2D eigenvalue weighted by Crippen LogP contribution is -2.59. The average molecular weight is 382 g/mol. The van der Waals surface area contributed by atoms with Gasteiger partial charge < -0.3 is 14.5 Å². The summed E-state index contributed by atoms with van der Waals surface area (Å²) in [6.45, 7) is 4.50. The first kappa shape index (κ1) is 18.7. The first-order valence-electron chi connectivity index (χ1n) is 9.82. The van der Waals surface area contributed by atoms with E-state index >= 15 is 0 Å². The maximum Gasteiger partial charge on any atom is 0.253 e. The fraction of sp³-hybridized carbons (Fsp3) is 0.476. The van der Waals surface area contributed by atoms with Crippen LogP contribution in [0.1, 0.15) is 25.0 Å². The van der Waals surface area contributed by atoms with Crippen LogP contribution in [0.5, 0.6) is 0 Å². The van der Waals surface area contributed by atoms with Gasteiger partial charge in [-0.15, -0.1) is 0 Å². The number of aryl methyl sites for hydroxylation is 2. The minimum absolute atomic E-state index is 0.00940. The van der Waals surface area contributed by atoms with Crippen molar-refractivity contribution in [1.29, 1.82) is 0 Å². The van der Waals surface area contributed by atoms with E-state index in [-0.39, 0.29) is 24.0 Å². The Kier molecular flexibility index (Phi) is 5.17. The molecule has 0 N–H and O–H groups in total. The molecule has 0 unspecified atom stereocenters. The number of nitrogens with zero attached hydrogens (tertiary/aromatic N) is 4. The fourth-order valence-corrected chi connectivity index (χ4v) is 3.98. The normalized spacial score (nSPS) is 19.2. The van der Waals surface area contributed by atoms with Crippen molar-refractivity contribution in [2.75, 3.05) is 31.1 Å². The number of morpholine rings is 1. The number of ether oxygens (including phenoxy) is 1. The third-order valence-electron chi connectivity index (χ3n) is 5.67. The molecule has 2 amide bonds. The number of hydrogen-bond donors (Lipinski definition) is 0. The summed E-state index contributed by atoms with van der Waals surface area (Å²) in [5.41, 5.74) is 1.50. The largest absolute Gasteiger partial charge is 0.363 e. The minimum atomic E-state index is -0.361. The van der Waals surface area contributed by atoms with Gasteiger partial charge in [0.15, 0.2) is 0 Å². The minimum Gasteiger partial charge on any atom is -0.363 e. The van der Waals surface area contributed by atoms with Gasteiger partial charge in [-0.1, -0.05) is 18.2 Å². The van der Waals surface area contributed by atoms with E-state index < -0.39 is 0 Å². The van der Waals surface area contributed by atoms with Crippen LogP contribution >= 0.6 is 0 Å². The molecule has 28 heavy (non-hydrogen) atoms. The van der Waals surface area contributed by atoms with Crippen molar-refractivity contribution < 1.29 is 14.3 Å². The molecule has 0 aliphatic carbocycles. The number of carbonyl (C=O) groups excluding carboxylic acids is 2. The monoisotopic (exact) mass is 382 g/mol. The van der Waals surface area contributed by atoms with Crippen LogP contribution in [-0.2, 0) is 20.9 Å². The predicted molar refractivity (Wildman–Crippen MR) is 105 cm³/mol. The number of benzene rings is 1. The van der Waals surface area contributed by atoms with Crippen LogP contribution in [0.2, 0.25) is 0 Å². The molecule has 0 saturated carbocycles. The summed E-state index contributed by atoms with van der Waals surface area (Å²) in [5.74, 6) is 0.139. The molecule has 1 aromatic heterocycles. The van der Waals surface area contributed by atoms with Gasteiger partial charge in [0.05, 0.1) is 17.8 Å². The summed E-state index contributed by atoms with van der Waals surface area (Å²) in [6.07, 6.45) is 3.84. The predicted octanol–water partition coefficient (Wildman–Crippen LogP) is 2.01. The molecule has 2 aliphatic heterocycles. The highest BCUT2D eigenvalue weighted by Crippen LogP contribution is 2.32. The van der Waals surface area contributed by atoms with Crippen molar-refractivity contribution in [2.45, 2.75) is 38.3 Å². The molecule has 148 valence electrons. The molecule has 7 heteroatoms. The summed E-state index contributed by atoms with van der Waals surface area (Å²) < 4.78 is 7.80. The summed E-state index contributed by atoms with van der Waals surface area (Å²) >= 11 is 0. The molecule has 2 aromatic rings. The van der Waals surface area contributed by atoms with Gasteiger partial charge in [0.1, 0.15) is 6.61 Å². The van der Waals surface area contributed by atoms with E-state index in [2.05, 4.69) is 5.10 Å². The lowest BCUT2D eigenvalue weighted by Gasteiger charge is -2.47. The highest BCUT2D eigenvalue weighted by atomic mass is 16.5. The molecule has 2 saturated heterocycles. The van der Waals surface area contributed by atoms with E-state index in [0.717, 1.165) is 24.2 Å². The number of aromatic nitrogens is 2.